The van der Waals surface area contributed by atoms with E-state index < -0.39 is 10.0 Å². The summed E-state index contributed by atoms with van der Waals surface area (Å²) in [5.41, 5.74) is 1.32. The van der Waals surface area contributed by atoms with Crippen LogP contribution in [0.3, 0.4) is 0 Å². The number of nitrogens with zero attached hydrogens (tertiary/aromatic N) is 4. The maximum absolute atomic E-state index is 12.9. The quantitative estimate of drug-likeness (QED) is 0.558. The molecule has 0 atom stereocenters. The number of aromatic nitrogens is 2. The first-order chi connectivity index (χ1) is 14.9. The summed E-state index contributed by atoms with van der Waals surface area (Å²) in [6.07, 6.45) is 3.25. The van der Waals surface area contributed by atoms with E-state index in [-0.39, 0.29) is 48.5 Å². The van der Waals surface area contributed by atoms with E-state index in [1.54, 1.807) is 35.5 Å². The van der Waals surface area contributed by atoms with Gasteiger partial charge in [-0.2, -0.15) is 4.31 Å². The van der Waals surface area contributed by atoms with Gasteiger partial charge < -0.3 is 9.42 Å². The lowest BCUT2D eigenvalue weighted by atomic mass is 10.2. The molecule has 1 saturated heterocycles. The van der Waals surface area contributed by atoms with Gasteiger partial charge in [-0.15, -0.1) is 0 Å². The van der Waals surface area contributed by atoms with Gasteiger partial charge in [0.1, 0.15) is 0 Å². The Kier molecular flexibility index (Phi) is 5.66. The summed E-state index contributed by atoms with van der Waals surface area (Å²) in [7, 11) is -3.71. The fourth-order valence-electron chi connectivity index (χ4n) is 3.32. The molecule has 1 fully saturated rings. The number of ketones is 1. The molecule has 3 heterocycles. The average Bonchev–Trinajstić information content (AvgIpc) is 3.30. The maximum Gasteiger partial charge on any atom is 0.276 e. The molecule has 0 bridgehead atoms. The molecule has 3 aromatic rings. The lowest BCUT2D eigenvalue weighted by molar-refractivity contribution is 0.0687. The number of pyridine rings is 1. The molecule has 0 radical (unpaired) electrons. The van der Waals surface area contributed by atoms with Crippen LogP contribution in [-0.4, -0.2) is 65.6 Å². The van der Waals surface area contributed by atoms with Crippen molar-refractivity contribution in [3.05, 3.63) is 66.1 Å². The van der Waals surface area contributed by atoms with Crippen molar-refractivity contribution in [1.29, 1.82) is 0 Å². The minimum absolute atomic E-state index is 0.120. The van der Waals surface area contributed by atoms with Crippen molar-refractivity contribution in [3.63, 3.8) is 0 Å². The number of hydrogen-bond acceptors (Lipinski definition) is 7. The minimum atomic E-state index is -3.71. The van der Waals surface area contributed by atoms with Crippen LogP contribution >= 0.6 is 0 Å². The van der Waals surface area contributed by atoms with Crippen LogP contribution in [0.2, 0.25) is 0 Å². The summed E-state index contributed by atoms with van der Waals surface area (Å²) in [6, 6.07) is 11.0. The van der Waals surface area contributed by atoms with Crippen LogP contribution in [0.15, 0.2) is 64.3 Å². The molecular formula is C21H20N4O5S. The topological polar surface area (TPSA) is 114 Å². The normalized spacial score (nSPS) is 15.1. The van der Waals surface area contributed by atoms with Gasteiger partial charge in [0.15, 0.2) is 17.2 Å². The van der Waals surface area contributed by atoms with Crippen LogP contribution in [0.25, 0.3) is 11.3 Å². The highest BCUT2D eigenvalue weighted by molar-refractivity contribution is 7.89. The van der Waals surface area contributed by atoms with Gasteiger partial charge in [-0.25, -0.2) is 8.42 Å². The van der Waals surface area contributed by atoms with Gasteiger partial charge in [-0.1, -0.05) is 17.3 Å². The Morgan fingerprint density at radius 2 is 1.74 bits per heavy atom. The Balaban J connectivity index is 1.42. The Morgan fingerprint density at radius 1 is 1.03 bits per heavy atom. The third-order valence-electron chi connectivity index (χ3n) is 5.10. The van der Waals surface area contributed by atoms with E-state index in [9.17, 15) is 18.0 Å². The predicted molar refractivity (Wildman–Crippen MR) is 111 cm³/mol. The zero-order chi connectivity index (χ0) is 22.0. The highest BCUT2D eigenvalue weighted by Gasteiger charge is 2.31. The van der Waals surface area contributed by atoms with Crippen LogP contribution in [0.1, 0.15) is 27.8 Å². The van der Waals surface area contributed by atoms with Gasteiger partial charge >= 0.3 is 0 Å². The highest BCUT2D eigenvalue weighted by Crippen LogP contribution is 2.22. The Bertz CT molecular complexity index is 1200. The highest BCUT2D eigenvalue weighted by atomic mass is 32.2. The monoisotopic (exact) mass is 440 g/mol. The molecule has 2 aromatic heterocycles. The molecule has 0 spiro atoms. The van der Waals surface area contributed by atoms with Gasteiger partial charge in [0, 0.05) is 55.8 Å². The second-order valence-electron chi connectivity index (χ2n) is 7.09. The fourth-order valence-corrected chi connectivity index (χ4v) is 4.75. The number of sulfonamides is 1. The summed E-state index contributed by atoms with van der Waals surface area (Å²) < 4.78 is 32.4. The number of rotatable bonds is 5. The first-order valence-electron chi connectivity index (χ1n) is 9.64. The van der Waals surface area contributed by atoms with Crippen LogP contribution in [0.5, 0.6) is 0 Å². The first kappa shape index (κ1) is 20.9. The summed E-state index contributed by atoms with van der Waals surface area (Å²) in [5.74, 6) is -0.0102. The molecule has 4 rings (SSSR count). The van der Waals surface area contributed by atoms with Crippen molar-refractivity contribution in [2.75, 3.05) is 26.2 Å². The number of amides is 1. The Hall–Kier alpha value is -3.37. The zero-order valence-electron chi connectivity index (χ0n) is 16.8. The summed E-state index contributed by atoms with van der Waals surface area (Å²) >= 11 is 0. The second-order valence-corrected chi connectivity index (χ2v) is 9.03. The summed E-state index contributed by atoms with van der Waals surface area (Å²) in [5, 5.41) is 3.85. The van der Waals surface area contributed by atoms with E-state index >= 15 is 0 Å². The maximum atomic E-state index is 12.9. The summed E-state index contributed by atoms with van der Waals surface area (Å²) in [6.45, 7) is 2.22. The second kappa shape index (κ2) is 8.40. The van der Waals surface area contributed by atoms with E-state index in [0.29, 0.717) is 16.9 Å². The van der Waals surface area contributed by atoms with Crippen LogP contribution in [-0.2, 0) is 10.0 Å². The number of Topliss-reactive ketones (excluding diaryl/α,β-unsaturated/α-hetero) is 1. The third kappa shape index (κ3) is 4.25. The molecule has 1 amide bonds. The summed E-state index contributed by atoms with van der Waals surface area (Å²) in [4.78, 5) is 29.8. The van der Waals surface area contributed by atoms with Crippen molar-refractivity contribution >= 4 is 21.7 Å². The van der Waals surface area contributed by atoms with E-state index in [2.05, 4.69) is 10.1 Å². The molecule has 1 aromatic carbocycles. The molecule has 1 aliphatic rings. The molecule has 0 saturated carbocycles. The van der Waals surface area contributed by atoms with E-state index in [0.717, 1.165) is 0 Å². The molecule has 0 N–H and O–H groups in total. The Morgan fingerprint density at radius 3 is 2.35 bits per heavy atom. The third-order valence-corrected chi connectivity index (χ3v) is 7.01. The van der Waals surface area contributed by atoms with E-state index in [4.69, 9.17) is 4.52 Å². The van der Waals surface area contributed by atoms with Crippen molar-refractivity contribution in [3.8, 4) is 11.3 Å². The standard InChI is InChI=1S/C21H20N4O5S/c1-15(26)16-4-6-18(7-5-16)31(28,29)25-11-9-24(10-12-25)21(27)19-13-20(30-23-19)17-3-2-8-22-14-17/h2-8,13-14H,9-12H2,1H3. The van der Waals surface area contributed by atoms with E-state index in [1.165, 1.54) is 35.5 Å². The average molecular weight is 440 g/mol. The van der Waals surface area contributed by atoms with Crippen molar-refractivity contribution in [2.45, 2.75) is 11.8 Å². The molecule has 31 heavy (non-hydrogen) atoms. The zero-order valence-corrected chi connectivity index (χ0v) is 17.6. The molecule has 1 aliphatic heterocycles. The van der Waals surface area contributed by atoms with Crippen molar-refractivity contribution in [1.82, 2.24) is 19.3 Å². The molecule has 10 heteroatoms. The Labute approximate surface area is 179 Å². The lowest BCUT2D eigenvalue weighted by Gasteiger charge is -2.33. The van der Waals surface area contributed by atoms with Gasteiger partial charge in [-0.3, -0.25) is 14.6 Å². The molecular weight excluding hydrogens is 420 g/mol. The molecule has 9 nitrogen and oxygen atoms in total. The van der Waals surface area contributed by atoms with Crippen LogP contribution in [0, 0.1) is 0 Å². The minimum Gasteiger partial charge on any atom is -0.355 e. The lowest BCUT2D eigenvalue weighted by Crippen LogP contribution is -2.50. The van der Waals surface area contributed by atoms with Gasteiger partial charge in [0.05, 0.1) is 4.90 Å². The van der Waals surface area contributed by atoms with Gasteiger partial charge in [-0.05, 0) is 31.2 Å². The predicted octanol–water partition coefficient (Wildman–Crippen LogP) is 2.09. The largest absolute Gasteiger partial charge is 0.355 e. The number of hydrogen-bond donors (Lipinski definition) is 0. The number of carbonyl (C=O) groups excluding carboxylic acids is 2. The van der Waals surface area contributed by atoms with Gasteiger partial charge in [0.2, 0.25) is 10.0 Å². The first-order valence-corrected chi connectivity index (χ1v) is 11.1. The molecule has 0 aliphatic carbocycles. The van der Waals surface area contributed by atoms with Crippen LogP contribution < -0.4 is 0 Å². The van der Waals surface area contributed by atoms with Crippen LogP contribution in [0.4, 0.5) is 0 Å². The van der Waals surface area contributed by atoms with Crippen molar-refractivity contribution < 1.29 is 22.5 Å². The molecule has 160 valence electrons. The number of carbonyl (C=O) groups is 2. The van der Waals surface area contributed by atoms with Gasteiger partial charge in [0.25, 0.3) is 5.91 Å². The smallest absolute Gasteiger partial charge is 0.276 e. The van der Waals surface area contributed by atoms with Crippen molar-refractivity contribution in [2.24, 2.45) is 0 Å². The molecule has 0 unspecified atom stereocenters. The number of benzene rings is 1. The number of piperazine rings is 1. The fraction of sp³-hybridized carbons (Fsp3) is 0.238. The SMILES string of the molecule is CC(=O)c1ccc(S(=O)(=O)N2CCN(C(=O)c3cc(-c4cccnc4)on3)CC2)cc1. The van der Waals surface area contributed by atoms with E-state index in [1.807, 2.05) is 0 Å².